The van der Waals surface area contributed by atoms with Crippen LogP contribution in [0.1, 0.15) is 22.3 Å². The summed E-state index contributed by atoms with van der Waals surface area (Å²) in [5.74, 6) is 2.50. The van der Waals surface area contributed by atoms with Crippen LogP contribution in [-0.2, 0) is 81.5 Å². The topological polar surface area (TPSA) is 92.1 Å². The molecule has 0 atom stereocenters. The summed E-state index contributed by atoms with van der Waals surface area (Å²) in [4.78, 5) is 13.0. The first kappa shape index (κ1) is 48.4. The zero-order chi connectivity index (χ0) is 40.6. The monoisotopic (exact) mass is 1340 g/mol. The summed E-state index contributed by atoms with van der Waals surface area (Å²) in [5, 5.41) is 12.4. The van der Waals surface area contributed by atoms with E-state index in [0.717, 1.165) is 56.4 Å². The van der Waals surface area contributed by atoms with Crippen molar-refractivity contribution in [1.82, 2.24) is 44.3 Å². The predicted molar refractivity (Wildman–Crippen MR) is 231 cm³/mol. The van der Waals surface area contributed by atoms with Crippen molar-refractivity contribution in [3.8, 4) is 67.5 Å². The van der Waals surface area contributed by atoms with Gasteiger partial charge >= 0.3 is 0 Å². The number of rotatable bonds is 6. The van der Waals surface area contributed by atoms with Crippen LogP contribution in [0.4, 0.5) is 0 Å². The van der Waals surface area contributed by atoms with E-state index in [4.69, 9.17) is 0 Å². The molecular formula is C49H44Ir3N9-3. The third-order valence-corrected chi connectivity index (χ3v) is 9.74. The quantitative estimate of drug-likeness (QED) is 0.154. The SMILES string of the molecule is Cc1cc(C)cc(-c2ccc[c-]c2-c2ncnn2C)c1.Cc1cccc(C)c1-c1ccc[c-]c1-c1ncnn1C.Cn1ncnc1-c1[c-]cccc1-c1ccccc1.[Ir].[Ir].[Ir]. The Balaban J connectivity index is 0.000000197. The van der Waals surface area contributed by atoms with Crippen LogP contribution in [0.15, 0.2) is 140 Å². The molecule has 0 aliphatic carbocycles. The smallest absolute Gasteiger partial charge is 0.127 e. The molecule has 0 aliphatic rings. The molecule has 9 aromatic rings. The molecule has 3 aromatic heterocycles. The van der Waals surface area contributed by atoms with Crippen LogP contribution in [0.25, 0.3) is 67.5 Å². The summed E-state index contributed by atoms with van der Waals surface area (Å²) in [6, 6.07) is 51.1. The maximum absolute atomic E-state index is 4.35. The van der Waals surface area contributed by atoms with Crippen LogP contribution in [0.2, 0.25) is 0 Å². The number of nitrogens with zero attached hydrogens (tertiary/aromatic N) is 9. The molecule has 6 aromatic carbocycles. The Morgan fingerprint density at radius 3 is 1.21 bits per heavy atom. The van der Waals surface area contributed by atoms with Crippen molar-refractivity contribution in [2.45, 2.75) is 27.7 Å². The van der Waals surface area contributed by atoms with Crippen LogP contribution in [0.5, 0.6) is 0 Å². The Kier molecular flexibility index (Phi) is 17.8. The van der Waals surface area contributed by atoms with Crippen LogP contribution in [0, 0.1) is 45.9 Å². The molecule has 0 N–H and O–H groups in total. The average molecular weight is 1340 g/mol. The first-order chi connectivity index (χ1) is 28.2. The second kappa shape index (κ2) is 22.5. The molecular weight excluding hydrogens is 1290 g/mol. The van der Waals surface area contributed by atoms with Gasteiger partial charge in [-0.3, -0.25) is 29.0 Å². The van der Waals surface area contributed by atoms with Crippen molar-refractivity contribution in [3.63, 3.8) is 0 Å². The van der Waals surface area contributed by atoms with Crippen molar-refractivity contribution in [2.24, 2.45) is 21.1 Å². The maximum atomic E-state index is 4.35. The summed E-state index contributed by atoms with van der Waals surface area (Å²) in [6.07, 6.45) is 4.71. The van der Waals surface area contributed by atoms with Gasteiger partial charge in [0.15, 0.2) is 0 Å². The molecule has 0 unspecified atom stereocenters. The van der Waals surface area contributed by atoms with Gasteiger partial charge in [0, 0.05) is 81.5 Å². The predicted octanol–water partition coefficient (Wildman–Crippen LogP) is 10.1. The molecule has 9 nitrogen and oxygen atoms in total. The molecule has 0 amide bonds. The minimum absolute atomic E-state index is 0. The van der Waals surface area contributed by atoms with E-state index in [0.29, 0.717) is 0 Å². The van der Waals surface area contributed by atoms with Gasteiger partial charge in [-0.25, -0.2) is 0 Å². The fourth-order valence-corrected chi connectivity index (χ4v) is 7.11. The van der Waals surface area contributed by atoms with Crippen LogP contribution in [0.3, 0.4) is 0 Å². The molecule has 315 valence electrons. The molecule has 0 fully saturated rings. The molecule has 3 heterocycles. The average Bonchev–Trinajstić information content (AvgIpc) is 3.99. The Morgan fingerprint density at radius 1 is 0.410 bits per heavy atom. The molecule has 12 heteroatoms. The maximum Gasteiger partial charge on any atom is 0.127 e. The second-order valence-electron chi connectivity index (χ2n) is 14.0. The molecule has 9 rings (SSSR count). The fraction of sp³-hybridized carbons (Fsp3) is 0.143. The number of aromatic nitrogens is 9. The second-order valence-corrected chi connectivity index (χ2v) is 14.0. The van der Waals surface area contributed by atoms with Crippen molar-refractivity contribution in [3.05, 3.63) is 181 Å². The number of hydrogen-bond donors (Lipinski definition) is 0. The van der Waals surface area contributed by atoms with Crippen molar-refractivity contribution < 1.29 is 60.3 Å². The third kappa shape index (κ3) is 11.3. The Morgan fingerprint density at radius 2 is 0.803 bits per heavy atom. The van der Waals surface area contributed by atoms with E-state index >= 15 is 0 Å². The number of benzene rings is 6. The summed E-state index contributed by atoms with van der Waals surface area (Å²) in [6.45, 7) is 8.50. The van der Waals surface area contributed by atoms with Gasteiger partial charge in [0.2, 0.25) is 0 Å². The van der Waals surface area contributed by atoms with E-state index in [1.807, 2.05) is 75.7 Å². The van der Waals surface area contributed by atoms with E-state index < -0.39 is 0 Å². The van der Waals surface area contributed by atoms with Crippen molar-refractivity contribution in [2.75, 3.05) is 0 Å². The van der Waals surface area contributed by atoms with Gasteiger partial charge in [0.25, 0.3) is 0 Å². The first-order valence-electron chi connectivity index (χ1n) is 19.0. The Bertz CT molecular complexity index is 2750. The van der Waals surface area contributed by atoms with Crippen LogP contribution >= 0.6 is 0 Å². The van der Waals surface area contributed by atoms with Crippen LogP contribution < -0.4 is 0 Å². The Hall–Kier alpha value is -5.31. The van der Waals surface area contributed by atoms with Gasteiger partial charge in [-0.15, -0.1) is 72.8 Å². The standard InChI is InChI=1S/2C17H16N3.C15H12N3.3Ir/c1-12-7-6-8-13(2)16(12)14-9-4-5-10-15(14)17-18-11-19-20(17)3;1-12-8-13(2)10-14(9-12)15-6-4-5-7-16(15)17-18-11-19-20(17)3;1-18-15(16-11-17-18)14-10-6-5-9-13(14)12-7-3-2-4-8-12;;;/h4-9,11H,1-3H3;4-6,8-11H,1-3H3;2-9,11H,1H3;;;/q3*-1;;;. The zero-order valence-electron chi connectivity index (χ0n) is 34.8. The molecule has 0 saturated carbocycles. The molecule has 0 saturated heterocycles. The van der Waals surface area contributed by atoms with E-state index in [2.05, 4.69) is 143 Å². The summed E-state index contributed by atoms with van der Waals surface area (Å²) < 4.78 is 5.32. The van der Waals surface area contributed by atoms with Crippen LogP contribution in [-0.4, -0.2) is 44.3 Å². The summed E-state index contributed by atoms with van der Waals surface area (Å²) in [7, 11) is 5.68. The van der Waals surface area contributed by atoms with E-state index in [1.54, 1.807) is 33.0 Å². The first-order valence-corrected chi connectivity index (χ1v) is 19.0. The van der Waals surface area contributed by atoms with Gasteiger partial charge in [0.1, 0.15) is 19.0 Å². The van der Waals surface area contributed by atoms with Crippen molar-refractivity contribution >= 4 is 0 Å². The molecule has 61 heavy (non-hydrogen) atoms. The van der Waals surface area contributed by atoms with E-state index in [9.17, 15) is 0 Å². The van der Waals surface area contributed by atoms with Gasteiger partial charge in [0.05, 0.1) is 17.5 Å². The number of hydrogen-bond acceptors (Lipinski definition) is 6. The van der Waals surface area contributed by atoms with E-state index in [1.165, 1.54) is 33.4 Å². The van der Waals surface area contributed by atoms with Crippen molar-refractivity contribution in [1.29, 1.82) is 0 Å². The van der Waals surface area contributed by atoms with Gasteiger partial charge in [-0.1, -0.05) is 139 Å². The van der Waals surface area contributed by atoms with Gasteiger partial charge in [-0.05, 0) is 27.7 Å². The molecule has 0 spiro atoms. The third-order valence-electron chi connectivity index (χ3n) is 9.74. The van der Waals surface area contributed by atoms with Gasteiger partial charge < -0.3 is 0 Å². The Labute approximate surface area is 398 Å². The largest absolute Gasteiger partial charge is 0.289 e. The summed E-state index contributed by atoms with van der Waals surface area (Å²) >= 11 is 0. The minimum atomic E-state index is 0. The minimum Gasteiger partial charge on any atom is -0.289 e. The summed E-state index contributed by atoms with van der Waals surface area (Å²) in [5.41, 5.74) is 15.0. The van der Waals surface area contributed by atoms with Gasteiger partial charge in [-0.2, -0.15) is 15.3 Å². The molecule has 0 bridgehead atoms. The molecule has 3 radical (unpaired) electrons. The number of aryl methyl sites for hydroxylation is 7. The zero-order valence-corrected chi connectivity index (χ0v) is 42.0. The fourth-order valence-electron chi connectivity index (χ4n) is 7.11. The normalized spacial score (nSPS) is 10.1. The molecule has 0 aliphatic heterocycles. The van der Waals surface area contributed by atoms with E-state index in [-0.39, 0.29) is 60.3 Å².